The highest BCUT2D eigenvalue weighted by molar-refractivity contribution is 5.89. The number of methoxy groups -OCH3 is 3. The van der Waals surface area contributed by atoms with Crippen molar-refractivity contribution in [3.63, 3.8) is 0 Å². The lowest BCUT2D eigenvalue weighted by Crippen LogP contribution is -1.96. The molecule has 0 aliphatic heterocycles. The van der Waals surface area contributed by atoms with Gasteiger partial charge in [-0.2, -0.15) is 5.26 Å². The molecule has 5 nitrogen and oxygen atoms in total. The molecule has 114 valence electrons. The van der Waals surface area contributed by atoms with Gasteiger partial charge in [-0.1, -0.05) is 0 Å². The van der Waals surface area contributed by atoms with Crippen LogP contribution in [0.1, 0.15) is 11.3 Å². The van der Waals surface area contributed by atoms with Crippen molar-refractivity contribution in [2.45, 2.75) is 0 Å². The first-order valence-corrected chi connectivity index (χ1v) is 6.68. The van der Waals surface area contributed by atoms with E-state index < -0.39 is 0 Å². The number of rotatable bonds is 5. The molecule has 1 aromatic heterocycles. The van der Waals surface area contributed by atoms with E-state index >= 15 is 0 Å². The fraction of sp³-hybridized carbons (Fsp3) is 0.235. The van der Waals surface area contributed by atoms with Crippen LogP contribution < -0.4 is 14.2 Å². The zero-order valence-corrected chi connectivity index (χ0v) is 13.1. The maximum Gasteiger partial charge on any atom is 0.203 e. The highest BCUT2D eigenvalue weighted by Crippen LogP contribution is 2.39. The molecule has 22 heavy (non-hydrogen) atoms. The van der Waals surface area contributed by atoms with Crippen LogP contribution in [-0.2, 0) is 7.05 Å². The fourth-order valence-electron chi connectivity index (χ4n) is 2.26. The van der Waals surface area contributed by atoms with Crippen molar-refractivity contribution in [3.05, 3.63) is 41.7 Å². The molecule has 0 aliphatic rings. The Morgan fingerprint density at radius 1 is 1.14 bits per heavy atom. The molecule has 0 bridgehead atoms. The van der Waals surface area contributed by atoms with Gasteiger partial charge in [0.05, 0.1) is 32.6 Å². The molecule has 0 radical (unpaired) electrons. The molecule has 0 N–H and O–H groups in total. The predicted octanol–water partition coefficient (Wildman–Crippen LogP) is 3.12. The van der Waals surface area contributed by atoms with E-state index in [1.54, 1.807) is 27.4 Å². The third-order valence-electron chi connectivity index (χ3n) is 3.34. The van der Waals surface area contributed by atoms with Crippen molar-refractivity contribution in [2.75, 3.05) is 21.3 Å². The van der Waals surface area contributed by atoms with E-state index in [-0.39, 0.29) is 0 Å². The Bertz CT molecular complexity index is 714. The Balaban J connectivity index is 2.55. The van der Waals surface area contributed by atoms with Crippen LogP contribution in [-0.4, -0.2) is 25.9 Å². The summed E-state index contributed by atoms with van der Waals surface area (Å²) in [5.74, 6) is 1.63. The van der Waals surface area contributed by atoms with Gasteiger partial charge in [0.15, 0.2) is 11.5 Å². The fourth-order valence-corrected chi connectivity index (χ4v) is 2.26. The van der Waals surface area contributed by atoms with E-state index in [4.69, 9.17) is 14.2 Å². The quantitative estimate of drug-likeness (QED) is 0.796. The molecule has 1 aromatic carbocycles. The number of nitriles is 1. The summed E-state index contributed by atoms with van der Waals surface area (Å²) in [4.78, 5) is 0. The summed E-state index contributed by atoms with van der Waals surface area (Å²) in [6.07, 6.45) is 3.69. The highest BCUT2D eigenvalue weighted by atomic mass is 16.5. The van der Waals surface area contributed by atoms with Crippen LogP contribution >= 0.6 is 0 Å². The highest BCUT2D eigenvalue weighted by Gasteiger charge is 2.13. The predicted molar refractivity (Wildman–Crippen MR) is 85.0 cm³/mol. The molecule has 0 unspecified atom stereocenters. The standard InChI is InChI=1S/C17H18N2O3/c1-19-7-5-6-14(19)13(11-18)8-12-9-15(20-2)17(22-4)16(10-12)21-3/h5-10H,1-4H3/b13-8+. The Labute approximate surface area is 130 Å². The smallest absolute Gasteiger partial charge is 0.203 e. The minimum atomic E-state index is 0.527. The maximum absolute atomic E-state index is 9.42. The normalized spacial score (nSPS) is 11.0. The van der Waals surface area contributed by atoms with Gasteiger partial charge in [0, 0.05) is 13.2 Å². The zero-order valence-electron chi connectivity index (χ0n) is 13.1. The minimum absolute atomic E-state index is 0.527. The number of benzene rings is 1. The summed E-state index contributed by atoms with van der Waals surface area (Å²) in [6, 6.07) is 9.63. The van der Waals surface area contributed by atoms with Crippen molar-refractivity contribution in [1.82, 2.24) is 4.57 Å². The molecular formula is C17H18N2O3. The van der Waals surface area contributed by atoms with Crippen LogP contribution in [0.3, 0.4) is 0 Å². The lowest BCUT2D eigenvalue weighted by atomic mass is 10.1. The van der Waals surface area contributed by atoms with Crippen LogP contribution in [0.5, 0.6) is 17.2 Å². The van der Waals surface area contributed by atoms with Crippen molar-refractivity contribution in [1.29, 1.82) is 5.26 Å². The molecule has 0 saturated carbocycles. The molecule has 2 rings (SSSR count). The molecule has 0 spiro atoms. The number of hydrogen-bond acceptors (Lipinski definition) is 4. The summed E-state index contributed by atoms with van der Waals surface area (Å²) in [5, 5.41) is 9.42. The van der Waals surface area contributed by atoms with E-state index in [9.17, 15) is 5.26 Å². The third kappa shape index (κ3) is 2.91. The van der Waals surface area contributed by atoms with Gasteiger partial charge in [0.1, 0.15) is 6.07 Å². The van der Waals surface area contributed by atoms with E-state index in [2.05, 4.69) is 6.07 Å². The van der Waals surface area contributed by atoms with Crippen LogP contribution in [0, 0.1) is 11.3 Å². The van der Waals surface area contributed by atoms with E-state index in [1.165, 1.54) is 0 Å². The van der Waals surface area contributed by atoms with Crippen molar-refractivity contribution >= 4 is 11.6 Å². The van der Waals surface area contributed by atoms with Gasteiger partial charge in [0.2, 0.25) is 5.75 Å². The Hall–Kier alpha value is -2.87. The molecule has 2 aromatic rings. The average molecular weight is 298 g/mol. The van der Waals surface area contributed by atoms with Crippen LogP contribution in [0.25, 0.3) is 11.6 Å². The topological polar surface area (TPSA) is 56.4 Å². The largest absolute Gasteiger partial charge is 0.493 e. The maximum atomic E-state index is 9.42. The second kappa shape index (κ2) is 6.72. The van der Waals surface area contributed by atoms with E-state index in [0.717, 1.165) is 11.3 Å². The van der Waals surface area contributed by atoms with Gasteiger partial charge in [-0.3, -0.25) is 0 Å². The lowest BCUT2D eigenvalue weighted by molar-refractivity contribution is 0.324. The van der Waals surface area contributed by atoms with E-state index in [1.807, 2.05) is 42.1 Å². The summed E-state index contributed by atoms with van der Waals surface area (Å²) < 4.78 is 17.8. The van der Waals surface area contributed by atoms with Gasteiger partial charge in [-0.05, 0) is 35.9 Å². The van der Waals surface area contributed by atoms with Crippen molar-refractivity contribution in [2.24, 2.45) is 7.05 Å². The Morgan fingerprint density at radius 3 is 2.18 bits per heavy atom. The third-order valence-corrected chi connectivity index (χ3v) is 3.34. The molecule has 0 saturated heterocycles. The zero-order chi connectivity index (χ0) is 16.1. The Morgan fingerprint density at radius 2 is 1.77 bits per heavy atom. The first-order chi connectivity index (χ1) is 10.6. The number of allylic oxidation sites excluding steroid dienone is 1. The average Bonchev–Trinajstić information content (AvgIpc) is 2.97. The number of ether oxygens (including phenoxy) is 3. The first-order valence-electron chi connectivity index (χ1n) is 6.68. The SMILES string of the molecule is COc1cc(/C=C(\C#N)c2cccn2C)cc(OC)c1OC. The number of hydrogen-bond donors (Lipinski definition) is 0. The molecule has 0 aliphatic carbocycles. The number of aromatic nitrogens is 1. The van der Waals surface area contributed by atoms with Crippen molar-refractivity contribution < 1.29 is 14.2 Å². The molecule has 0 atom stereocenters. The van der Waals surface area contributed by atoms with Gasteiger partial charge in [-0.25, -0.2) is 0 Å². The second-order valence-electron chi connectivity index (χ2n) is 4.63. The van der Waals surface area contributed by atoms with E-state index in [0.29, 0.717) is 22.8 Å². The van der Waals surface area contributed by atoms with Crippen molar-refractivity contribution in [3.8, 4) is 23.3 Å². The van der Waals surface area contributed by atoms with Crippen LogP contribution in [0.2, 0.25) is 0 Å². The second-order valence-corrected chi connectivity index (χ2v) is 4.63. The Kier molecular flexibility index (Phi) is 4.74. The van der Waals surface area contributed by atoms with Gasteiger partial charge >= 0.3 is 0 Å². The summed E-state index contributed by atoms with van der Waals surface area (Å²) in [5.41, 5.74) is 2.20. The number of aryl methyl sites for hydroxylation is 1. The summed E-state index contributed by atoms with van der Waals surface area (Å²) in [7, 11) is 6.58. The van der Waals surface area contributed by atoms with Gasteiger partial charge < -0.3 is 18.8 Å². The number of nitrogens with zero attached hydrogens (tertiary/aromatic N) is 2. The van der Waals surface area contributed by atoms with Crippen LogP contribution in [0.4, 0.5) is 0 Å². The molecule has 0 fully saturated rings. The van der Waals surface area contributed by atoms with Gasteiger partial charge in [0.25, 0.3) is 0 Å². The summed E-state index contributed by atoms with van der Waals surface area (Å²) >= 11 is 0. The van der Waals surface area contributed by atoms with Crippen LogP contribution in [0.15, 0.2) is 30.5 Å². The monoisotopic (exact) mass is 298 g/mol. The lowest BCUT2D eigenvalue weighted by Gasteiger charge is -2.13. The molecule has 1 heterocycles. The molecule has 0 amide bonds. The molecular weight excluding hydrogens is 280 g/mol. The summed E-state index contributed by atoms with van der Waals surface area (Å²) in [6.45, 7) is 0. The molecule has 5 heteroatoms. The first kappa shape index (κ1) is 15.5. The van der Waals surface area contributed by atoms with Gasteiger partial charge in [-0.15, -0.1) is 0 Å². The minimum Gasteiger partial charge on any atom is -0.493 e.